The van der Waals surface area contributed by atoms with E-state index in [0.29, 0.717) is 11.0 Å². The summed E-state index contributed by atoms with van der Waals surface area (Å²) in [6.07, 6.45) is 4.94. The van der Waals surface area contributed by atoms with Gasteiger partial charge in [-0.05, 0) is 11.5 Å². The zero-order valence-corrected chi connectivity index (χ0v) is 7.64. The predicted molar refractivity (Wildman–Crippen MR) is 46.5 cm³/mol. The van der Waals surface area contributed by atoms with Gasteiger partial charge < -0.3 is 0 Å². The van der Waals surface area contributed by atoms with Crippen LogP contribution >= 0.6 is 11.8 Å². The molecule has 0 saturated heterocycles. The van der Waals surface area contributed by atoms with Crippen LogP contribution in [-0.4, -0.2) is 36.4 Å². The van der Waals surface area contributed by atoms with Crippen LogP contribution in [0.2, 0.25) is 0 Å². The molecule has 0 atom stereocenters. The van der Waals surface area contributed by atoms with Gasteiger partial charge in [0.25, 0.3) is 0 Å². The molecule has 0 aromatic carbocycles. The number of tetrazole rings is 1. The molecule has 6 nitrogen and oxygen atoms in total. The van der Waals surface area contributed by atoms with E-state index < -0.39 is 0 Å². The Morgan fingerprint density at radius 3 is 3.08 bits per heavy atom. The molecule has 2 aromatic rings. The molecule has 0 fully saturated rings. The second kappa shape index (κ2) is 3.48. The molecule has 0 aliphatic rings. The van der Waals surface area contributed by atoms with E-state index in [1.165, 1.54) is 22.9 Å². The maximum Gasteiger partial charge on any atom is 0.189 e. The molecule has 2 aromatic heterocycles. The van der Waals surface area contributed by atoms with E-state index >= 15 is 0 Å². The maximum atomic E-state index is 4.18. The van der Waals surface area contributed by atoms with Crippen LogP contribution in [0, 0.1) is 0 Å². The smallest absolute Gasteiger partial charge is 0.189 e. The average molecular weight is 194 g/mol. The number of aromatic nitrogens is 6. The summed E-state index contributed by atoms with van der Waals surface area (Å²) in [6, 6.07) is 1.72. The van der Waals surface area contributed by atoms with Gasteiger partial charge in [-0.15, -0.1) is 15.0 Å². The summed E-state index contributed by atoms with van der Waals surface area (Å²) in [4.78, 5) is 9.56. The van der Waals surface area contributed by atoms with Crippen molar-refractivity contribution in [3.63, 3.8) is 0 Å². The van der Waals surface area contributed by atoms with Gasteiger partial charge in [0.2, 0.25) is 0 Å². The molecule has 2 heterocycles. The lowest BCUT2D eigenvalue weighted by atomic mass is 10.6. The molecule has 7 heteroatoms. The van der Waals surface area contributed by atoms with Crippen LogP contribution in [0.5, 0.6) is 0 Å². The molecule has 0 unspecified atom stereocenters. The third-order valence-corrected chi connectivity index (χ3v) is 1.92. The van der Waals surface area contributed by atoms with Gasteiger partial charge in [0.05, 0.1) is 0 Å². The van der Waals surface area contributed by atoms with Gasteiger partial charge in [-0.3, -0.25) is 0 Å². The van der Waals surface area contributed by atoms with Gasteiger partial charge in [0.15, 0.2) is 17.3 Å². The molecular weight excluding hydrogens is 188 g/mol. The third-order valence-electron chi connectivity index (χ3n) is 1.36. The summed E-state index contributed by atoms with van der Waals surface area (Å²) >= 11 is 1.47. The lowest BCUT2D eigenvalue weighted by Crippen LogP contribution is -2.02. The highest BCUT2D eigenvalue weighted by atomic mass is 32.2. The zero-order chi connectivity index (χ0) is 9.10. The Balaban J connectivity index is 2.41. The molecule has 0 aliphatic carbocycles. The van der Waals surface area contributed by atoms with Crippen LogP contribution < -0.4 is 0 Å². The molecule has 0 saturated carbocycles. The fourth-order valence-corrected chi connectivity index (χ4v) is 1.16. The minimum Gasteiger partial charge on any atom is -0.231 e. The van der Waals surface area contributed by atoms with Crippen molar-refractivity contribution in [3.8, 4) is 5.82 Å². The number of hydrogen-bond donors (Lipinski definition) is 0. The molecule has 2 rings (SSSR count). The Morgan fingerprint density at radius 1 is 1.46 bits per heavy atom. The fourth-order valence-electron chi connectivity index (χ4n) is 0.814. The molecule has 0 spiro atoms. The van der Waals surface area contributed by atoms with Gasteiger partial charge in [-0.25, -0.2) is 9.97 Å². The van der Waals surface area contributed by atoms with Gasteiger partial charge in [-0.2, -0.15) is 0 Å². The van der Waals surface area contributed by atoms with E-state index in [1.54, 1.807) is 12.3 Å². The maximum absolute atomic E-state index is 4.18. The van der Waals surface area contributed by atoms with Crippen LogP contribution in [0.4, 0.5) is 0 Å². The lowest BCUT2D eigenvalue weighted by Gasteiger charge is -1.97. The Bertz CT molecular complexity index is 386. The third kappa shape index (κ3) is 1.64. The monoisotopic (exact) mass is 194 g/mol. The van der Waals surface area contributed by atoms with Crippen LogP contribution in [0.15, 0.2) is 23.7 Å². The van der Waals surface area contributed by atoms with Crippen molar-refractivity contribution < 1.29 is 0 Å². The zero-order valence-electron chi connectivity index (χ0n) is 6.82. The highest BCUT2D eigenvalue weighted by molar-refractivity contribution is 7.98. The molecule has 0 bridgehead atoms. The summed E-state index contributed by atoms with van der Waals surface area (Å²) in [5.74, 6) is 0.622. The molecule has 0 aliphatic heterocycles. The first-order valence-corrected chi connectivity index (χ1v) is 4.73. The average Bonchev–Trinajstić information content (AvgIpc) is 2.71. The topological polar surface area (TPSA) is 69.4 Å². The van der Waals surface area contributed by atoms with Crippen molar-refractivity contribution in [2.75, 3.05) is 6.26 Å². The lowest BCUT2D eigenvalue weighted by molar-refractivity contribution is 0.686. The quantitative estimate of drug-likeness (QED) is 0.501. The van der Waals surface area contributed by atoms with Gasteiger partial charge in [-0.1, -0.05) is 11.8 Å². The van der Waals surface area contributed by atoms with Gasteiger partial charge in [0.1, 0.15) is 0 Å². The van der Waals surface area contributed by atoms with E-state index in [4.69, 9.17) is 0 Å². The van der Waals surface area contributed by atoms with Crippen molar-refractivity contribution in [3.05, 3.63) is 18.6 Å². The van der Waals surface area contributed by atoms with Crippen molar-refractivity contribution in [1.82, 2.24) is 30.2 Å². The Labute approximate surface area is 78.4 Å². The molecule has 0 amide bonds. The largest absolute Gasteiger partial charge is 0.231 e. The minimum atomic E-state index is 0.622. The van der Waals surface area contributed by atoms with Crippen LogP contribution in [0.1, 0.15) is 0 Å². The highest BCUT2D eigenvalue weighted by Gasteiger charge is 2.01. The van der Waals surface area contributed by atoms with Crippen molar-refractivity contribution in [1.29, 1.82) is 0 Å². The van der Waals surface area contributed by atoms with Crippen molar-refractivity contribution in [2.45, 2.75) is 5.16 Å². The highest BCUT2D eigenvalue weighted by Crippen LogP contribution is 2.08. The summed E-state index contributed by atoms with van der Waals surface area (Å²) in [7, 11) is 0. The van der Waals surface area contributed by atoms with Crippen LogP contribution in [0.25, 0.3) is 5.82 Å². The first kappa shape index (κ1) is 8.11. The Morgan fingerprint density at radius 2 is 2.38 bits per heavy atom. The second-order valence-corrected chi connectivity index (χ2v) is 2.90. The molecule has 66 valence electrons. The van der Waals surface area contributed by atoms with E-state index in [2.05, 4.69) is 25.4 Å². The summed E-state index contributed by atoms with van der Waals surface area (Å²) in [5.41, 5.74) is 0. The van der Waals surface area contributed by atoms with Crippen LogP contribution in [-0.2, 0) is 0 Å². The molecule has 0 radical (unpaired) electrons. The first-order valence-electron chi connectivity index (χ1n) is 3.50. The second-order valence-electron chi connectivity index (χ2n) is 2.13. The minimum absolute atomic E-state index is 0.622. The summed E-state index contributed by atoms with van der Waals surface area (Å²) < 4.78 is 0. The van der Waals surface area contributed by atoms with E-state index in [0.717, 1.165) is 0 Å². The molecule has 13 heavy (non-hydrogen) atoms. The van der Waals surface area contributed by atoms with E-state index in [9.17, 15) is 0 Å². The number of rotatable bonds is 2. The number of nitrogens with zero attached hydrogens (tertiary/aromatic N) is 6. The van der Waals surface area contributed by atoms with Gasteiger partial charge >= 0.3 is 0 Å². The van der Waals surface area contributed by atoms with Crippen molar-refractivity contribution >= 4 is 11.8 Å². The van der Waals surface area contributed by atoms with Gasteiger partial charge in [0, 0.05) is 12.3 Å². The van der Waals surface area contributed by atoms with Crippen LogP contribution in [0.3, 0.4) is 0 Å². The Hall–Kier alpha value is -1.50. The SMILES string of the molecule is CSc1nccc(-n2ncnn2)n1. The molecular formula is C6H6N6S. The normalized spacial score (nSPS) is 10.2. The summed E-state index contributed by atoms with van der Waals surface area (Å²) in [6.45, 7) is 0. The number of hydrogen-bond acceptors (Lipinski definition) is 6. The molecule has 0 N–H and O–H groups in total. The Kier molecular flexibility index (Phi) is 2.17. The van der Waals surface area contributed by atoms with E-state index in [1.807, 2.05) is 6.26 Å². The number of thioether (sulfide) groups is 1. The van der Waals surface area contributed by atoms with Crippen molar-refractivity contribution in [2.24, 2.45) is 0 Å². The standard InChI is InChI=1S/C6H6N6S/c1-13-6-7-3-2-5(10-6)12-9-4-8-11-12/h2-4H,1H3. The fraction of sp³-hybridized carbons (Fsp3) is 0.167. The van der Waals surface area contributed by atoms with E-state index in [-0.39, 0.29) is 0 Å². The predicted octanol–water partition coefficient (Wildman–Crippen LogP) is 0.174. The first-order chi connectivity index (χ1) is 6.40. The summed E-state index contributed by atoms with van der Waals surface area (Å²) in [5, 5.41) is 11.9.